The van der Waals surface area contributed by atoms with Gasteiger partial charge in [-0.2, -0.15) is 0 Å². The van der Waals surface area contributed by atoms with Crippen molar-refractivity contribution in [2.75, 3.05) is 38.8 Å². The number of ether oxygens (including phenoxy) is 1. The van der Waals surface area contributed by atoms with Crippen LogP contribution >= 0.6 is 23.5 Å². The minimum absolute atomic E-state index is 0.0401. The quantitative estimate of drug-likeness (QED) is 0.393. The summed E-state index contributed by atoms with van der Waals surface area (Å²) in [5.41, 5.74) is 1.24. The van der Waals surface area contributed by atoms with E-state index in [0.29, 0.717) is 23.9 Å². The second-order valence-electron chi connectivity index (χ2n) is 5.65. The van der Waals surface area contributed by atoms with E-state index in [9.17, 15) is 9.59 Å². The fourth-order valence-electron chi connectivity index (χ4n) is 2.45. The van der Waals surface area contributed by atoms with E-state index in [4.69, 9.17) is 4.74 Å². The molecule has 0 radical (unpaired) electrons. The number of esters is 1. The molecule has 1 heterocycles. The lowest BCUT2D eigenvalue weighted by Crippen LogP contribution is -2.33. The molecule has 25 heavy (non-hydrogen) atoms. The van der Waals surface area contributed by atoms with Crippen molar-refractivity contribution in [1.29, 1.82) is 0 Å². The van der Waals surface area contributed by atoms with Crippen molar-refractivity contribution in [1.82, 2.24) is 9.80 Å². The van der Waals surface area contributed by atoms with E-state index < -0.39 is 5.97 Å². The van der Waals surface area contributed by atoms with Gasteiger partial charge in [0, 0.05) is 24.5 Å². The third kappa shape index (κ3) is 6.09. The lowest BCUT2D eigenvalue weighted by molar-refractivity contribution is -0.137. The Morgan fingerprint density at radius 1 is 1.40 bits per heavy atom. The Balaban J connectivity index is 1.88. The highest BCUT2D eigenvalue weighted by Crippen LogP contribution is 2.28. The van der Waals surface area contributed by atoms with Gasteiger partial charge >= 0.3 is 5.97 Å². The number of hydrogen-bond acceptors (Lipinski definition) is 6. The molecule has 0 unspecified atom stereocenters. The zero-order valence-corrected chi connectivity index (χ0v) is 16.5. The summed E-state index contributed by atoms with van der Waals surface area (Å²) >= 11 is 3.12. The molecule has 0 N–H and O–H groups in total. The number of rotatable bonds is 8. The first-order valence-electron chi connectivity index (χ1n) is 8.16. The monoisotopic (exact) mass is 380 g/mol. The number of thioether (sulfide) groups is 2. The van der Waals surface area contributed by atoms with Gasteiger partial charge in [0.05, 0.1) is 23.5 Å². The Morgan fingerprint density at radius 2 is 2.12 bits per heavy atom. The topological polar surface area (TPSA) is 49.9 Å². The number of hydrogen-bond donors (Lipinski definition) is 0. The molecule has 0 spiro atoms. The first-order valence-corrected chi connectivity index (χ1v) is 10.4. The van der Waals surface area contributed by atoms with Crippen molar-refractivity contribution >= 4 is 35.4 Å². The Labute approximate surface area is 157 Å². The summed E-state index contributed by atoms with van der Waals surface area (Å²) in [5.74, 6) is 0.0238. The van der Waals surface area contributed by atoms with Crippen LogP contribution in [0.2, 0.25) is 0 Å². The maximum absolute atomic E-state index is 12.1. The highest BCUT2D eigenvalue weighted by molar-refractivity contribution is 8.04. The molecule has 0 bridgehead atoms. The zero-order valence-electron chi connectivity index (χ0n) is 14.9. The van der Waals surface area contributed by atoms with Crippen molar-refractivity contribution in [3.8, 4) is 0 Å². The maximum atomic E-state index is 12.1. The Morgan fingerprint density at radius 3 is 2.76 bits per heavy atom. The van der Waals surface area contributed by atoms with Gasteiger partial charge in [0.2, 0.25) is 5.91 Å². The van der Waals surface area contributed by atoms with E-state index in [1.54, 1.807) is 23.6 Å². The molecule has 1 fully saturated rings. The normalized spacial score (nSPS) is 16.1. The van der Waals surface area contributed by atoms with Crippen molar-refractivity contribution in [2.24, 2.45) is 0 Å². The highest BCUT2D eigenvalue weighted by atomic mass is 32.2. The molecule has 1 aliphatic rings. The summed E-state index contributed by atoms with van der Waals surface area (Å²) < 4.78 is 4.93. The number of carbonyl (C=O) groups is 2. The van der Waals surface area contributed by atoms with Gasteiger partial charge in [-0.25, -0.2) is 4.79 Å². The SMILES string of the molecule is CCOC(=O)/C=C1\SCC(=O)N1CCN(C)Cc1ccc(SC)cc1. The summed E-state index contributed by atoms with van der Waals surface area (Å²) in [6.45, 7) is 4.22. The first kappa shape index (κ1) is 19.9. The van der Waals surface area contributed by atoms with Crippen LogP contribution in [-0.4, -0.2) is 60.4 Å². The molecular formula is C18H24N2O3S2. The number of benzene rings is 1. The summed E-state index contributed by atoms with van der Waals surface area (Å²) in [4.78, 5) is 28.8. The number of amides is 1. The fourth-order valence-corrected chi connectivity index (χ4v) is 3.81. The lowest BCUT2D eigenvalue weighted by Gasteiger charge is -2.22. The highest BCUT2D eigenvalue weighted by Gasteiger charge is 2.27. The molecule has 1 amide bonds. The Bertz CT molecular complexity index is 632. The average molecular weight is 381 g/mol. The molecule has 0 atom stereocenters. The molecule has 1 saturated heterocycles. The van der Waals surface area contributed by atoms with Crippen LogP contribution in [0.1, 0.15) is 12.5 Å². The molecule has 0 saturated carbocycles. The summed E-state index contributed by atoms with van der Waals surface area (Å²) in [7, 11) is 2.03. The maximum Gasteiger partial charge on any atom is 0.333 e. The molecular weight excluding hydrogens is 356 g/mol. The fraction of sp³-hybridized carbons (Fsp3) is 0.444. The molecule has 2 rings (SSSR count). The molecule has 0 aromatic heterocycles. The predicted molar refractivity (Wildman–Crippen MR) is 103 cm³/mol. The van der Waals surface area contributed by atoms with Gasteiger partial charge in [-0.15, -0.1) is 11.8 Å². The minimum atomic E-state index is -0.396. The van der Waals surface area contributed by atoms with Crippen LogP contribution in [0.4, 0.5) is 0 Å². The number of nitrogens with zero attached hydrogens (tertiary/aromatic N) is 2. The molecule has 136 valence electrons. The van der Waals surface area contributed by atoms with Crippen LogP contribution in [0.15, 0.2) is 40.3 Å². The third-order valence-corrected chi connectivity index (χ3v) is 5.52. The van der Waals surface area contributed by atoms with Crippen LogP contribution < -0.4 is 0 Å². The first-order chi connectivity index (χ1) is 12.0. The van der Waals surface area contributed by atoms with Gasteiger partial charge < -0.3 is 14.5 Å². The van der Waals surface area contributed by atoms with Crippen molar-refractivity contribution in [3.63, 3.8) is 0 Å². The third-order valence-electron chi connectivity index (χ3n) is 3.76. The van der Waals surface area contributed by atoms with Crippen LogP contribution in [-0.2, 0) is 20.9 Å². The lowest BCUT2D eigenvalue weighted by atomic mass is 10.2. The van der Waals surface area contributed by atoms with E-state index in [0.717, 1.165) is 13.1 Å². The van der Waals surface area contributed by atoms with E-state index in [2.05, 4.69) is 35.4 Å². The van der Waals surface area contributed by atoms with Gasteiger partial charge in [-0.3, -0.25) is 4.79 Å². The Hall–Kier alpha value is -1.44. The zero-order chi connectivity index (χ0) is 18.2. The molecule has 1 aromatic rings. The van der Waals surface area contributed by atoms with E-state index in [-0.39, 0.29) is 5.91 Å². The molecule has 5 nitrogen and oxygen atoms in total. The minimum Gasteiger partial charge on any atom is -0.463 e. The average Bonchev–Trinajstić information content (AvgIpc) is 2.93. The number of likely N-dealkylation sites (N-methyl/N-ethyl adjacent to an activating group) is 1. The second-order valence-corrected chi connectivity index (χ2v) is 7.53. The Kier molecular flexibility index (Phi) is 7.87. The molecule has 7 heteroatoms. The summed E-state index contributed by atoms with van der Waals surface area (Å²) in [6, 6.07) is 8.50. The van der Waals surface area contributed by atoms with E-state index >= 15 is 0 Å². The van der Waals surface area contributed by atoms with Crippen LogP contribution in [0.3, 0.4) is 0 Å². The summed E-state index contributed by atoms with van der Waals surface area (Å²) in [6.07, 6.45) is 3.48. The van der Waals surface area contributed by atoms with Gasteiger partial charge in [-0.1, -0.05) is 23.9 Å². The summed E-state index contributed by atoms with van der Waals surface area (Å²) in [5, 5.41) is 0.682. The van der Waals surface area contributed by atoms with Gasteiger partial charge in [0.15, 0.2) is 0 Å². The van der Waals surface area contributed by atoms with E-state index in [1.807, 2.05) is 7.05 Å². The molecule has 0 aliphatic carbocycles. The largest absolute Gasteiger partial charge is 0.463 e. The van der Waals surface area contributed by atoms with Crippen LogP contribution in [0, 0.1) is 0 Å². The standard InChI is InChI=1S/C18H24N2O3S2/c1-4-23-18(22)11-17-20(16(21)13-25-17)10-9-19(2)12-14-5-7-15(24-3)8-6-14/h5-8,11H,4,9-10,12-13H2,1-3H3/b17-11-. The van der Waals surface area contributed by atoms with E-state index in [1.165, 1.54) is 28.3 Å². The van der Waals surface area contributed by atoms with Crippen LogP contribution in [0.25, 0.3) is 0 Å². The molecule has 1 aromatic carbocycles. The van der Waals surface area contributed by atoms with Crippen molar-refractivity contribution in [3.05, 3.63) is 40.9 Å². The van der Waals surface area contributed by atoms with Gasteiger partial charge in [0.25, 0.3) is 0 Å². The predicted octanol–water partition coefficient (Wildman–Crippen LogP) is 2.82. The van der Waals surface area contributed by atoms with Crippen molar-refractivity contribution in [2.45, 2.75) is 18.4 Å². The number of carbonyl (C=O) groups excluding carboxylic acids is 2. The smallest absolute Gasteiger partial charge is 0.333 e. The van der Waals surface area contributed by atoms with Crippen LogP contribution in [0.5, 0.6) is 0 Å². The van der Waals surface area contributed by atoms with Gasteiger partial charge in [0.1, 0.15) is 0 Å². The second kappa shape index (κ2) is 9.89. The van der Waals surface area contributed by atoms with Crippen molar-refractivity contribution < 1.29 is 14.3 Å². The molecule has 1 aliphatic heterocycles. The van der Waals surface area contributed by atoms with Gasteiger partial charge in [-0.05, 0) is 37.9 Å².